The topological polar surface area (TPSA) is 92.5 Å². The van der Waals surface area contributed by atoms with Gasteiger partial charge in [0.15, 0.2) is 9.84 Å². The van der Waals surface area contributed by atoms with Crippen molar-refractivity contribution in [2.24, 2.45) is 5.73 Å². The third-order valence-corrected chi connectivity index (χ3v) is 8.03. The molecule has 2 aromatic rings. The summed E-state index contributed by atoms with van der Waals surface area (Å²) in [6.07, 6.45) is -4.05. The summed E-state index contributed by atoms with van der Waals surface area (Å²) in [5, 5.41) is 2.54. The van der Waals surface area contributed by atoms with Crippen LogP contribution in [0.2, 0.25) is 10.0 Å². The highest BCUT2D eigenvalue weighted by Crippen LogP contribution is 2.37. The molecule has 2 aromatic carbocycles. The summed E-state index contributed by atoms with van der Waals surface area (Å²) in [4.78, 5) is 14.5. The van der Waals surface area contributed by atoms with E-state index in [2.05, 4.69) is 5.32 Å². The number of amides is 1. The Bertz CT molecular complexity index is 1190. The van der Waals surface area contributed by atoms with Crippen LogP contribution in [-0.2, 0) is 29.1 Å². The number of carbonyl (C=O) groups is 1. The summed E-state index contributed by atoms with van der Waals surface area (Å²) in [5.41, 5.74) is 4.67. The van der Waals surface area contributed by atoms with E-state index < -0.39 is 27.5 Å². The Hall–Kier alpha value is -1.85. The van der Waals surface area contributed by atoms with Crippen molar-refractivity contribution in [3.8, 4) is 0 Å². The zero-order valence-corrected chi connectivity index (χ0v) is 20.6. The molecular formula is C22H24Cl2F3N3O3S. The van der Waals surface area contributed by atoms with Crippen LogP contribution in [0.15, 0.2) is 35.2 Å². The van der Waals surface area contributed by atoms with Crippen LogP contribution in [-0.4, -0.2) is 44.1 Å². The predicted molar refractivity (Wildman–Crippen MR) is 125 cm³/mol. The number of hydrogen-bond acceptors (Lipinski definition) is 5. The number of benzene rings is 2. The molecule has 0 saturated carbocycles. The Balaban J connectivity index is 1.87. The third-order valence-electron chi connectivity index (χ3n) is 5.63. The van der Waals surface area contributed by atoms with E-state index in [1.54, 1.807) is 4.90 Å². The summed E-state index contributed by atoms with van der Waals surface area (Å²) in [6.45, 7) is 2.20. The van der Waals surface area contributed by atoms with E-state index in [0.29, 0.717) is 19.5 Å². The molecule has 0 bridgehead atoms. The largest absolute Gasteiger partial charge is 0.416 e. The minimum absolute atomic E-state index is 0.00659. The molecule has 0 aliphatic carbocycles. The van der Waals surface area contributed by atoms with Crippen molar-refractivity contribution in [1.29, 1.82) is 0 Å². The lowest BCUT2D eigenvalue weighted by Crippen LogP contribution is -2.28. The van der Waals surface area contributed by atoms with Crippen LogP contribution in [0.1, 0.15) is 40.4 Å². The Morgan fingerprint density at radius 2 is 1.94 bits per heavy atom. The monoisotopic (exact) mass is 537 g/mol. The average molecular weight is 538 g/mol. The zero-order chi connectivity index (χ0) is 25.3. The second kappa shape index (κ2) is 10.4. The number of hydrogen-bond donors (Lipinski definition) is 2. The number of sulfone groups is 1. The molecule has 0 unspecified atom stereocenters. The smallest absolute Gasteiger partial charge is 0.348 e. The van der Waals surface area contributed by atoms with Crippen LogP contribution < -0.4 is 11.1 Å². The first-order valence-electron chi connectivity index (χ1n) is 10.5. The Morgan fingerprint density at radius 3 is 2.53 bits per heavy atom. The van der Waals surface area contributed by atoms with Gasteiger partial charge in [-0.2, -0.15) is 13.2 Å². The Morgan fingerprint density at radius 1 is 1.24 bits per heavy atom. The van der Waals surface area contributed by atoms with Crippen LogP contribution in [0.4, 0.5) is 13.2 Å². The van der Waals surface area contributed by atoms with Gasteiger partial charge in [-0.05, 0) is 47.9 Å². The summed E-state index contributed by atoms with van der Waals surface area (Å²) in [7, 11) is -3.61. The fourth-order valence-corrected chi connectivity index (χ4v) is 5.42. The van der Waals surface area contributed by atoms with Crippen molar-refractivity contribution in [2.75, 3.05) is 18.8 Å². The predicted octanol–water partition coefficient (Wildman–Crippen LogP) is 4.27. The maximum Gasteiger partial charge on any atom is 0.416 e. The van der Waals surface area contributed by atoms with Gasteiger partial charge in [-0.1, -0.05) is 30.1 Å². The van der Waals surface area contributed by atoms with Gasteiger partial charge < -0.3 is 11.1 Å². The van der Waals surface area contributed by atoms with E-state index in [9.17, 15) is 26.4 Å². The third kappa shape index (κ3) is 6.23. The van der Waals surface area contributed by atoms with E-state index in [4.69, 9.17) is 28.9 Å². The SMILES string of the molecule is CCS(=O)(=O)c1ccc(Cl)cc1CNC(=O)c1cc(Cl)c(CN2CC[C@@H](N)C2)c(C(F)(F)F)c1. The van der Waals surface area contributed by atoms with Crippen molar-refractivity contribution in [2.45, 2.75) is 43.5 Å². The van der Waals surface area contributed by atoms with Gasteiger partial charge in [-0.25, -0.2) is 8.42 Å². The van der Waals surface area contributed by atoms with E-state index in [-0.39, 0.29) is 56.5 Å². The van der Waals surface area contributed by atoms with Crippen molar-refractivity contribution < 1.29 is 26.4 Å². The standard InChI is InChI=1S/C22H24Cl2F3N3O3S/c1-2-34(32,33)20-4-3-15(23)7-14(20)10-29-21(31)13-8-18(22(25,26)27)17(19(24)9-13)12-30-6-5-16(28)11-30/h3-4,7-9,16H,2,5-6,10-12,28H2,1H3,(H,29,31)/t16-/m1/s1. The lowest BCUT2D eigenvalue weighted by atomic mass is 10.0. The minimum Gasteiger partial charge on any atom is -0.348 e. The van der Waals surface area contributed by atoms with Crippen molar-refractivity contribution in [1.82, 2.24) is 10.2 Å². The van der Waals surface area contributed by atoms with Gasteiger partial charge >= 0.3 is 6.18 Å². The molecule has 12 heteroatoms. The average Bonchev–Trinajstić information content (AvgIpc) is 3.17. The molecular weight excluding hydrogens is 514 g/mol. The first-order chi connectivity index (χ1) is 15.8. The van der Waals surface area contributed by atoms with Crippen molar-refractivity contribution in [3.63, 3.8) is 0 Å². The van der Waals surface area contributed by atoms with Gasteiger partial charge in [0.1, 0.15) is 0 Å². The van der Waals surface area contributed by atoms with Crippen LogP contribution in [0, 0.1) is 0 Å². The van der Waals surface area contributed by atoms with Crippen LogP contribution in [0.3, 0.4) is 0 Å². The fourth-order valence-electron chi connectivity index (χ4n) is 3.83. The number of nitrogens with two attached hydrogens (primary N) is 1. The maximum absolute atomic E-state index is 13.8. The van der Waals surface area contributed by atoms with Gasteiger partial charge in [0, 0.05) is 47.8 Å². The Kier molecular flexibility index (Phi) is 8.19. The van der Waals surface area contributed by atoms with Crippen LogP contribution in [0.25, 0.3) is 0 Å². The number of likely N-dealkylation sites (tertiary alicyclic amines) is 1. The summed E-state index contributed by atoms with van der Waals surface area (Å²) >= 11 is 12.2. The number of nitrogens with zero attached hydrogens (tertiary/aromatic N) is 1. The molecule has 1 heterocycles. The minimum atomic E-state index is -4.73. The van der Waals surface area contributed by atoms with Crippen LogP contribution >= 0.6 is 23.2 Å². The first-order valence-corrected chi connectivity index (χ1v) is 12.9. The molecule has 186 valence electrons. The molecule has 34 heavy (non-hydrogen) atoms. The van der Waals surface area contributed by atoms with Gasteiger partial charge in [0.2, 0.25) is 0 Å². The molecule has 3 rings (SSSR count). The van der Waals surface area contributed by atoms with Crippen LogP contribution in [0.5, 0.6) is 0 Å². The number of carbonyl (C=O) groups excluding carboxylic acids is 1. The van der Waals surface area contributed by atoms with Gasteiger partial charge in [-0.3, -0.25) is 9.69 Å². The molecule has 1 fully saturated rings. The Labute approximate surface area is 206 Å². The van der Waals surface area contributed by atoms with E-state index in [1.807, 2.05) is 0 Å². The molecule has 6 nitrogen and oxygen atoms in total. The molecule has 0 radical (unpaired) electrons. The highest BCUT2D eigenvalue weighted by atomic mass is 35.5. The van der Waals surface area contributed by atoms with E-state index >= 15 is 0 Å². The second-order valence-electron chi connectivity index (χ2n) is 8.10. The molecule has 1 aliphatic heterocycles. The van der Waals surface area contributed by atoms with Gasteiger partial charge in [-0.15, -0.1) is 0 Å². The molecule has 1 amide bonds. The fraction of sp³-hybridized carbons (Fsp3) is 0.409. The molecule has 0 aromatic heterocycles. The number of alkyl halides is 3. The zero-order valence-electron chi connectivity index (χ0n) is 18.3. The lowest BCUT2D eigenvalue weighted by molar-refractivity contribution is -0.138. The van der Waals surface area contributed by atoms with E-state index in [0.717, 1.165) is 6.07 Å². The summed E-state index contributed by atoms with van der Waals surface area (Å²) < 4.78 is 66.2. The second-order valence-corrected chi connectivity index (χ2v) is 11.2. The first kappa shape index (κ1) is 26.7. The molecule has 1 saturated heterocycles. The molecule has 1 atom stereocenters. The molecule has 1 aliphatic rings. The highest BCUT2D eigenvalue weighted by Gasteiger charge is 2.36. The van der Waals surface area contributed by atoms with Gasteiger partial charge in [0.05, 0.1) is 16.2 Å². The quantitative estimate of drug-likeness (QED) is 0.550. The number of nitrogens with one attached hydrogen (secondary N) is 1. The lowest BCUT2D eigenvalue weighted by Gasteiger charge is -2.21. The van der Waals surface area contributed by atoms with Crippen molar-refractivity contribution >= 4 is 38.9 Å². The van der Waals surface area contributed by atoms with E-state index in [1.165, 1.54) is 31.2 Å². The van der Waals surface area contributed by atoms with Gasteiger partial charge in [0.25, 0.3) is 5.91 Å². The summed E-state index contributed by atoms with van der Waals surface area (Å²) in [5.74, 6) is -0.995. The maximum atomic E-state index is 13.8. The number of rotatable bonds is 7. The molecule has 0 spiro atoms. The van der Waals surface area contributed by atoms with Crippen molar-refractivity contribution in [3.05, 3.63) is 62.6 Å². The number of halogens is 5. The highest BCUT2D eigenvalue weighted by molar-refractivity contribution is 7.91. The summed E-state index contributed by atoms with van der Waals surface area (Å²) in [6, 6.07) is 5.97. The normalized spacial score (nSPS) is 17.2. The molecule has 3 N–H and O–H groups in total.